The third kappa shape index (κ3) is 3.31. The number of pyridine rings is 1. The molecular formula is C12H7Br2ClN2O. The van der Waals surface area contributed by atoms with Gasteiger partial charge in [-0.2, -0.15) is 0 Å². The van der Waals surface area contributed by atoms with E-state index in [4.69, 9.17) is 11.6 Å². The molecule has 0 aliphatic rings. The number of hydrogen-bond acceptors (Lipinski definition) is 2. The Balaban J connectivity index is 2.25. The molecule has 2 rings (SSSR count). The molecule has 1 heterocycles. The van der Waals surface area contributed by atoms with Crippen molar-refractivity contribution in [1.82, 2.24) is 4.98 Å². The molecule has 1 N–H and O–H groups in total. The number of carbonyl (C=O) groups excluding carboxylic acids is 1. The van der Waals surface area contributed by atoms with Gasteiger partial charge in [0.05, 0.1) is 10.2 Å². The molecule has 0 saturated carbocycles. The van der Waals surface area contributed by atoms with E-state index in [0.717, 1.165) is 8.95 Å². The first kappa shape index (κ1) is 13.5. The molecule has 0 atom stereocenters. The number of anilines is 1. The Morgan fingerprint density at radius 2 is 2.06 bits per heavy atom. The minimum Gasteiger partial charge on any atom is -0.321 e. The predicted molar refractivity (Wildman–Crippen MR) is 79.0 cm³/mol. The lowest BCUT2D eigenvalue weighted by molar-refractivity contribution is 0.102. The van der Waals surface area contributed by atoms with Crippen molar-refractivity contribution in [3.8, 4) is 0 Å². The van der Waals surface area contributed by atoms with Crippen LogP contribution in [0.4, 0.5) is 5.69 Å². The largest absolute Gasteiger partial charge is 0.321 e. The molecule has 0 aliphatic heterocycles. The molecule has 1 aromatic carbocycles. The first-order valence-electron chi connectivity index (χ1n) is 4.93. The van der Waals surface area contributed by atoms with Gasteiger partial charge in [0, 0.05) is 27.5 Å². The fourth-order valence-corrected chi connectivity index (χ4v) is 2.57. The molecule has 0 spiro atoms. The monoisotopic (exact) mass is 388 g/mol. The van der Waals surface area contributed by atoms with Crippen LogP contribution in [0.25, 0.3) is 0 Å². The predicted octanol–water partition coefficient (Wildman–Crippen LogP) is 4.51. The van der Waals surface area contributed by atoms with E-state index in [1.165, 1.54) is 0 Å². The van der Waals surface area contributed by atoms with Crippen LogP contribution < -0.4 is 5.32 Å². The van der Waals surface area contributed by atoms with E-state index in [2.05, 4.69) is 42.2 Å². The Labute approximate surface area is 126 Å². The normalized spacial score (nSPS) is 10.2. The molecular weight excluding hydrogens is 383 g/mol. The average molecular weight is 390 g/mol. The van der Waals surface area contributed by atoms with Crippen molar-refractivity contribution in [3.63, 3.8) is 0 Å². The van der Waals surface area contributed by atoms with Gasteiger partial charge in [-0.1, -0.05) is 27.5 Å². The first-order valence-corrected chi connectivity index (χ1v) is 6.89. The van der Waals surface area contributed by atoms with Crippen molar-refractivity contribution >= 4 is 55.1 Å². The quantitative estimate of drug-likeness (QED) is 0.820. The van der Waals surface area contributed by atoms with Crippen LogP contribution in [0.1, 0.15) is 10.4 Å². The molecule has 0 unspecified atom stereocenters. The maximum atomic E-state index is 12.0. The molecule has 1 aromatic heterocycles. The number of aromatic nitrogens is 1. The minimum atomic E-state index is -0.231. The van der Waals surface area contributed by atoms with Crippen molar-refractivity contribution in [3.05, 3.63) is 56.2 Å². The molecule has 18 heavy (non-hydrogen) atoms. The fourth-order valence-electron chi connectivity index (χ4n) is 1.36. The fraction of sp³-hybridized carbons (Fsp3) is 0. The Bertz CT molecular complexity index is 584. The summed E-state index contributed by atoms with van der Waals surface area (Å²) < 4.78 is 1.48. The Morgan fingerprint density at radius 1 is 1.28 bits per heavy atom. The molecule has 92 valence electrons. The van der Waals surface area contributed by atoms with Crippen molar-refractivity contribution < 1.29 is 4.79 Å². The van der Waals surface area contributed by atoms with Gasteiger partial charge in [0.1, 0.15) is 0 Å². The van der Waals surface area contributed by atoms with E-state index < -0.39 is 0 Å². The SMILES string of the molecule is O=C(Nc1ccncc1Br)c1cc(Cl)cc(Br)c1. The zero-order valence-electron chi connectivity index (χ0n) is 8.95. The summed E-state index contributed by atoms with van der Waals surface area (Å²) in [6, 6.07) is 6.75. The Hall–Kier alpha value is -0.910. The molecule has 0 aliphatic carbocycles. The summed E-state index contributed by atoms with van der Waals surface area (Å²) in [6.07, 6.45) is 3.22. The summed E-state index contributed by atoms with van der Waals surface area (Å²) in [5, 5.41) is 3.28. The highest BCUT2D eigenvalue weighted by molar-refractivity contribution is 9.10. The van der Waals surface area contributed by atoms with E-state index in [1.54, 1.807) is 36.7 Å². The van der Waals surface area contributed by atoms with E-state index >= 15 is 0 Å². The van der Waals surface area contributed by atoms with Gasteiger partial charge in [0.25, 0.3) is 5.91 Å². The van der Waals surface area contributed by atoms with Crippen LogP contribution in [0.2, 0.25) is 5.02 Å². The molecule has 1 amide bonds. The van der Waals surface area contributed by atoms with Crippen molar-refractivity contribution in [2.75, 3.05) is 5.32 Å². The number of nitrogens with zero attached hydrogens (tertiary/aromatic N) is 1. The second-order valence-corrected chi connectivity index (χ2v) is 5.67. The number of nitrogens with one attached hydrogen (secondary N) is 1. The zero-order valence-corrected chi connectivity index (χ0v) is 12.9. The highest BCUT2D eigenvalue weighted by Gasteiger charge is 2.09. The van der Waals surface area contributed by atoms with Crippen LogP contribution in [0, 0.1) is 0 Å². The third-order valence-corrected chi connectivity index (χ3v) is 3.45. The van der Waals surface area contributed by atoms with Crippen molar-refractivity contribution in [2.45, 2.75) is 0 Å². The third-order valence-electron chi connectivity index (χ3n) is 2.15. The van der Waals surface area contributed by atoms with Crippen LogP contribution in [0.15, 0.2) is 45.6 Å². The second-order valence-electron chi connectivity index (χ2n) is 3.47. The van der Waals surface area contributed by atoms with E-state index in [-0.39, 0.29) is 5.91 Å². The highest BCUT2D eigenvalue weighted by atomic mass is 79.9. The number of hydrogen-bond donors (Lipinski definition) is 1. The molecule has 0 fully saturated rings. The molecule has 0 bridgehead atoms. The summed E-state index contributed by atoms with van der Waals surface area (Å²) >= 11 is 12.5. The van der Waals surface area contributed by atoms with E-state index in [1.807, 2.05) is 0 Å². The summed E-state index contributed by atoms with van der Waals surface area (Å²) in [6.45, 7) is 0. The van der Waals surface area contributed by atoms with Gasteiger partial charge < -0.3 is 5.32 Å². The van der Waals surface area contributed by atoms with Gasteiger partial charge in [0.15, 0.2) is 0 Å². The van der Waals surface area contributed by atoms with Gasteiger partial charge in [-0.25, -0.2) is 0 Å². The van der Waals surface area contributed by atoms with Gasteiger partial charge in [-0.3, -0.25) is 9.78 Å². The molecule has 2 aromatic rings. The van der Waals surface area contributed by atoms with Crippen LogP contribution in [-0.4, -0.2) is 10.9 Å². The van der Waals surface area contributed by atoms with Gasteiger partial charge >= 0.3 is 0 Å². The van der Waals surface area contributed by atoms with Crippen LogP contribution in [-0.2, 0) is 0 Å². The summed E-state index contributed by atoms with van der Waals surface area (Å²) in [4.78, 5) is 16.0. The van der Waals surface area contributed by atoms with Crippen LogP contribution in [0.3, 0.4) is 0 Å². The summed E-state index contributed by atoms with van der Waals surface area (Å²) in [5.41, 5.74) is 1.14. The molecule has 0 saturated heterocycles. The molecule has 6 heteroatoms. The lowest BCUT2D eigenvalue weighted by Crippen LogP contribution is -2.12. The van der Waals surface area contributed by atoms with Gasteiger partial charge in [-0.15, -0.1) is 0 Å². The molecule has 3 nitrogen and oxygen atoms in total. The number of halogens is 3. The average Bonchev–Trinajstić information content (AvgIpc) is 2.31. The Morgan fingerprint density at radius 3 is 2.72 bits per heavy atom. The molecule has 0 radical (unpaired) electrons. The smallest absolute Gasteiger partial charge is 0.255 e. The van der Waals surface area contributed by atoms with E-state index in [9.17, 15) is 4.79 Å². The topological polar surface area (TPSA) is 42.0 Å². The van der Waals surface area contributed by atoms with Gasteiger partial charge in [-0.05, 0) is 40.2 Å². The second kappa shape index (κ2) is 5.82. The number of carbonyl (C=O) groups is 1. The first-order chi connectivity index (χ1) is 8.56. The zero-order chi connectivity index (χ0) is 13.1. The maximum absolute atomic E-state index is 12.0. The van der Waals surface area contributed by atoms with Crippen molar-refractivity contribution in [2.24, 2.45) is 0 Å². The Kier molecular flexibility index (Phi) is 4.37. The van der Waals surface area contributed by atoms with E-state index in [0.29, 0.717) is 16.3 Å². The highest BCUT2D eigenvalue weighted by Crippen LogP contribution is 2.23. The minimum absolute atomic E-state index is 0.231. The lowest BCUT2D eigenvalue weighted by Gasteiger charge is -2.07. The van der Waals surface area contributed by atoms with Crippen LogP contribution >= 0.6 is 43.5 Å². The standard InChI is InChI=1S/C12H7Br2ClN2O/c13-8-3-7(4-9(15)5-8)12(18)17-11-1-2-16-6-10(11)14/h1-6H,(H,16,17,18). The van der Waals surface area contributed by atoms with Crippen molar-refractivity contribution in [1.29, 1.82) is 0 Å². The number of benzene rings is 1. The summed E-state index contributed by atoms with van der Waals surface area (Å²) in [5.74, 6) is -0.231. The number of amides is 1. The lowest BCUT2D eigenvalue weighted by atomic mass is 10.2. The number of rotatable bonds is 2. The van der Waals surface area contributed by atoms with Crippen LogP contribution in [0.5, 0.6) is 0 Å². The maximum Gasteiger partial charge on any atom is 0.255 e. The van der Waals surface area contributed by atoms with Gasteiger partial charge in [0.2, 0.25) is 0 Å². The summed E-state index contributed by atoms with van der Waals surface area (Å²) in [7, 11) is 0.